The van der Waals surface area contributed by atoms with Gasteiger partial charge in [0.05, 0.1) is 34.4 Å². The van der Waals surface area contributed by atoms with Crippen LogP contribution in [-0.2, 0) is 33.3 Å². The molecule has 0 rings (SSSR count). The number of hydrogen-bond donors (Lipinski definition) is 1. The Morgan fingerprint density at radius 1 is 0.392 bits per heavy atom. The fourth-order valence-corrected chi connectivity index (χ4v) is 8.61. The van der Waals surface area contributed by atoms with Crippen LogP contribution in [0.1, 0.15) is 258 Å². The summed E-state index contributed by atoms with van der Waals surface area (Å²) in [6.07, 6.45) is 80.3. The summed E-state index contributed by atoms with van der Waals surface area (Å²) in [7, 11) is 5.97. The maximum atomic E-state index is 12.9. The Morgan fingerprint density at radius 2 is 0.722 bits per heavy atom. The molecular formula is C70H120NO8+. The Kier molecular flexibility index (Phi) is 57.0. The lowest BCUT2D eigenvalue weighted by Gasteiger charge is -2.25. The topological polar surface area (TPSA) is 108 Å². The molecule has 0 amide bonds. The van der Waals surface area contributed by atoms with E-state index in [-0.39, 0.29) is 38.6 Å². The van der Waals surface area contributed by atoms with Crippen LogP contribution in [-0.4, -0.2) is 87.4 Å². The third kappa shape index (κ3) is 61.4. The Hall–Kier alpha value is -4.05. The van der Waals surface area contributed by atoms with Gasteiger partial charge in [0.1, 0.15) is 13.2 Å². The molecule has 9 nitrogen and oxygen atoms in total. The van der Waals surface area contributed by atoms with Gasteiger partial charge in [-0.25, -0.2) is 4.79 Å². The smallest absolute Gasteiger partial charge is 0.361 e. The molecule has 0 heterocycles. The molecule has 0 radical (unpaired) electrons. The lowest BCUT2D eigenvalue weighted by Crippen LogP contribution is -2.40. The van der Waals surface area contributed by atoms with E-state index in [9.17, 15) is 19.5 Å². The Balaban J connectivity index is 4.22. The number of unbranched alkanes of at least 4 members (excludes halogenated alkanes) is 25. The number of carbonyl (C=O) groups excluding carboxylic acids is 2. The average Bonchev–Trinajstić information content (AvgIpc) is 3.42. The minimum absolute atomic E-state index is 0.181. The van der Waals surface area contributed by atoms with Crippen molar-refractivity contribution in [2.24, 2.45) is 0 Å². The van der Waals surface area contributed by atoms with Gasteiger partial charge in [0.25, 0.3) is 6.29 Å². The third-order valence-corrected chi connectivity index (χ3v) is 13.5. The summed E-state index contributed by atoms with van der Waals surface area (Å²) < 4.78 is 22.9. The van der Waals surface area contributed by atoms with E-state index in [0.29, 0.717) is 17.4 Å². The number of aliphatic carboxylic acids is 1. The van der Waals surface area contributed by atoms with Crippen molar-refractivity contribution < 1.29 is 42.9 Å². The van der Waals surface area contributed by atoms with Gasteiger partial charge in [0.15, 0.2) is 6.10 Å². The van der Waals surface area contributed by atoms with Crippen molar-refractivity contribution in [3.63, 3.8) is 0 Å². The lowest BCUT2D eigenvalue weighted by atomic mass is 10.0. The van der Waals surface area contributed by atoms with E-state index in [1.54, 1.807) is 0 Å². The number of allylic oxidation sites excluding steroid dienone is 18. The molecule has 0 saturated heterocycles. The van der Waals surface area contributed by atoms with Gasteiger partial charge in [0.2, 0.25) is 0 Å². The molecule has 0 bridgehead atoms. The zero-order valence-electron chi connectivity index (χ0n) is 51.5. The van der Waals surface area contributed by atoms with Crippen LogP contribution in [0.25, 0.3) is 0 Å². The van der Waals surface area contributed by atoms with Crippen molar-refractivity contribution in [1.29, 1.82) is 0 Å². The van der Waals surface area contributed by atoms with Gasteiger partial charge < -0.3 is 28.5 Å². The number of nitrogens with zero attached hydrogens (tertiary/aromatic N) is 1. The molecule has 452 valence electrons. The molecule has 0 aromatic heterocycles. The van der Waals surface area contributed by atoms with E-state index >= 15 is 0 Å². The van der Waals surface area contributed by atoms with Crippen LogP contribution in [0.15, 0.2) is 109 Å². The lowest BCUT2D eigenvalue weighted by molar-refractivity contribution is -0.870. The summed E-state index contributed by atoms with van der Waals surface area (Å²) >= 11 is 0. The number of carboxylic acids is 1. The van der Waals surface area contributed by atoms with Crippen LogP contribution in [0, 0.1) is 0 Å². The molecule has 0 fully saturated rings. The number of likely N-dealkylation sites (N-methyl/N-ethyl adjacent to an activating group) is 1. The standard InChI is InChI=1S/C70H119NO8/c1-6-8-10-12-14-16-18-20-22-24-26-28-30-31-32-33-34-35-36-37-39-41-43-45-47-49-51-53-55-57-59-61-68(73)79-66(65-78-70(69(74)75)76-63-62-71(3,4)5)64-77-67(72)60-58-56-54-52-50-48-46-44-42-40-38-29-27-25-23-21-19-17-15-13-11-9-7-2/h8,10,14,16,19-22,25-28,31-32,34-35,38,40,66,70H,6-7,9,11-13,15,17-18,23-24,29-30,33,36-37,39,41-65H2,1-5H3/p+1/b10-8-,16-14-,21-19-,22-20-,27-25-,28-26-,32-31-,35-34-,40-38-. The molecule has 9 heteroatoms. The summed E-state index contributed by atoms with van der Waals surface area (Å²) in [5.74, 6) is -2.02. The third-order valence-electron chi connectivity index (χ3n) is 13.5. The zero-order valence-corrected chi connectivity index (χ0v) is 51.5. The number of rotatable bonds is 58. The van der Waals surface area contributed by atoms with Crippen LogP contribution in [0.5, 0.6) is 0 Å². The van der Waals surface area contributed by atoms with E-state index in [2.05, 4.69) is 123 Å². The van der Waals surface area contributed by atoms with Crippen LogP contribution >= 0.6 is 0 Å². The molecule has 2 unspecified atom stereocenters. The molecule has 0 aliphatic rings. The minimum atomic E-state index is -1.52. The first-order valence-corrected chi connectivity index (χ1v) is 32.1. The van der Waals surface area contributed by atoms with Gasteiger partial charge in [-0.2, -0.15) is 0 Å². The predicted molar refractivity (Wildman–Crippen MR) is 336 cm³/mol. The number of esters is 2. The fraction of sp³-hybridized carbons (Fsp3) is 0.700. The first-order chi connectivity index (χ1) is 38.6. The van der Waals surface area contributed by atoms with E-state index < -0.39 is 24.3 Å². The highest BCUT2D eigenvalue weighted by atomic mass is 16.7. The number of quaternary nitrogens is 1. The van der Waals surface area contributed by atoms with Crippen LogP contribution in [0.3, 0.4) is 0 Å². The second kappa shape index (κ2) is 60.1. The second-order valence-electron chi connectivity index (χ2n) is 22.3. The average molecular weight is 1100 g/mol. The van der Waals surface area contributed by atoms with E-state index in [4.69, 9.17) is 18.9 Å². The summed E-state index contributed by atoms with van der Waals surface area (Å²) in [5.41, 5.74) is 0. The van der Waals surface area contributed by atoms with Crippen LogP contribution in [0.4, 0.5) is 0 Å². The highest BCUT2D eigenvalue weighted by Crippen LogP contribution is 2.16. The molecule has 0 spiro atoms. The molecule has 0 saturated carbocycles. The van der Waals surface area contributed by atoms with Crippen molar-refractivity contribution in [2.45, 2.75) is 270 Å². The molecular weight excluding hydrogens is 983 g/mol. The molecule has 2 atom stereocenters. The van der Waals surface area contributed by atoms with Crippen molar-refractivity contribution in [3.05, 3.63) is 109 Å². The fourth-order valence-electron chi connectivity index (χ4n) is 8.61. The first kappa shape index (κ1) is 75.0. The first-order valence-electron chi connectivity index (χ1n) is 32.1. The van der Waals surface area contributed by atoms with Gasteiger partial charge in [-0.1, -0.05) is 252 Å². The second-order valence-corrected chi connectivity index (χ2v) is 22.3. The number of ether oxygens (including phenoxy) is 4. The van der Waals surface area contributed by atoms with Gasteiger partial charge >= 0.3 is 17.9 Å². The predicted octanol–water partition coefficient (Wildman–Crippen LogP) is 19.5. The highest BCUT2D eigenvalue weighted by Gasteiger charge is 2.25. The maximum Gasteiger partial charge on any atom is 0.361 e. The minimum Gasteiger partial charge on any atom is -0.477 e. The largest absolute Gasteiger partial charge is 0.477 e. The van der Waals surface area contributed by atoms with Crippen LogP contribution in [0.2, 0.25) is 0 Å². The molecule has 0 aliphatic carbocycles. The van der Waals surface area contributed by atoms with Gasteiger partial charge in [-0.15, -0.1) is 0 Å². The maximum absolute atomic E-state index is 12.9. The quantitative estimate of drug-likeness (QED) is 0.0211. The Bertz CT molecular complexity index is 1660. The van der Waals surface area contributed by atoms with Crippen molar-refractivity contribution in [1.82, 2.24) is 0 Å². The molecule has 0 aliphatic heterocycles. The Morgan fingerprint density at radius 3 is 1.08 bits per heavy atom. The van der Waals surface area contributed by atoms with E-state index in [1.807, 2.05) is 21.1 Å². The van der Waals surface area contributed by atoms with Gasteiger partial charge in [-0.05, 0) is 103 Å². The molecule has 0 aromatic rings. The summed E-state index contributed by atoms with van der Waals surface area (Å²) in [4.78, 5) is 37.5. The van der Waals surface area contributed by atoms with E-state index in [0.717, 1.165) is 103 Å². The molecule has 1 N–H and O–H groups in total. The normalized spacial score (nSPS) is 13.5. The highest BCUT2D eigenvalue weighted by molar-refractivity contribution is 5.71. The summed E-state index contributed by atoms with van der Waals surface area (Å²) in [6, 6.07) is 0. The molecule has 79 heavy (non-hydrogen) atoms. The summed E-state index contributed by atoms with van der Waals surface area (Å²) in [6.45, 7) is 4.75. The number of carboxylic acid groups (broad SMARTS) is 1. The van der Waals surface area contributed by atoms with E-state index in [1.165, 1.54) is 122 Å². The van der Waals surface area contributed by atoms with Crippen molar-refractivity contribution in [3.8, 4) is 0 Å². The van der Waals surface area contributed by atoms with Crippen LogP contribution < -0.4 is 0 Å². The number of hydrogen-bond acceptors (Lipinski definition) is 7. The van der Waals surface area contributed by atoms with Crippen molar-refractivity contribution >= 4 is 17.9 Å². The SMILES string of the molecule is CC/C=C\C/C=C\C/C=C\C/C=C\C/C=C\C/C=C\CCCCCCCCCCCCCCC(=O)OC(COC(=O)CCCCCCCCCC/C=C\C/C=C\C/C=C\CCCCCCC)COC(OCC[N+](C)(C)C)C(=O)O. The van der Waals surface area contributed by atoms with Gasteiger partial charge in [-0.3, -0.25) is 9.59 Å². The summed E-state index contributed by atoms with van der Waals surface area (Å²) in [5, 5.41) is 9.73. The van der Waals surface area contributed by atoms with Crippen molar-refractivity contribution in [2.75, 3.05) is 47.5 Å². The Labute approximate surface area is 485 Å². The zero-order chi connectivity index (χ0) is 57.6. The number of carbonyl (C=O) groups is 3. The molecule has 0 aromatic carbocycles. The van der Waals surface area contributed by atoms with Gasteiger partial charge in [0, 0.05) is 12.8 Å². The monoisotopic (exact) mass is 1100 g/mol.